The molecule has 1 aliphatic rings. The first-order valence-electron chi connectivity index (χ1n) is 9.28. The molecule has 1 aliphatic carbocycles. The minimum Gasteiger partial charge on any atom is -0.455 e. The maximum absolute atomic E-state index is 12.4. The van der Waals surface area contributed by atoms with Gasteiger partial charge >= 0.3 is 0 Å². The predicted molar refractivity (Wildman–Crippen MR) is 103 cm³/mol. The molecule has 0 radical (unpaired) electrons. The number of aromatic nitrogens is 1. The Kier molecular flexibility index (Phi) is 6.54. The van der Waals surface area contributed by atoms with Crippen molar-refractivity contribution < 1.29 is 18.7 Å². The van der Waals surface area contributed by atoms with Gasteiger partial charge in [-0.15, -0.1) is 0 Å². The molecule has 0 atom stereocenters. The number of methoxy groups -OCH3 is 1. The minimum atomic E-state index is -0.329. The van der Waals surface area contributed by atoms with Gasteiger partial charge in [0.2, 0.25) is 0 Å². The van der Waals surface area contributed by atoms with Crippen molar-refractivity contribution in [1.29, 1.82) is 0 Å². The Morgan fingerprint density at radius 1 is 1.32 bits per heavy atom. The molecule has 0 saturated carbocycles. The molecule has 0 spiro atoms. The third kappa shape index (κ3) is 4.45. The second-order valence-corrected chi connectivity index (χ2v) is 6.55. The van der Waals surface area contributed by atoms with Crippen LogP contribution in [0.4, 0.5) is 0 Å². The van der Waals surface area contributed by atoms with Gasteiger partial charge in [-0.25, -0.2) is 5.43 Å². The summed E-state index contributed by atoms with van der Waals surface area (Å²) in [5.74, 6) is 0.461. The molecule has 2 amide bonds. The highest BCUT2D eigenvalue weighted by Gasteiger charge is 2.28. The molecule has 2 aromatic rings. The van der Waals surface area contributed by atoms with Crippen molar-refractivity contribution in [1.82, 2.24) is 15.7 Å². The van der Waals surface area contributed by atoms with E-state index in [0.717, 1.165) is 41.9 Å². The van der Waals surface area contributed by atoms with Crippen LogP contribution in [0.1, 0.15) is 57.1 Å². The fraction of sp³-hybridized carbons (Fsp3) is 0.400. The van der Waals surface area contributed by atoms with Crippen LogP contribution >= 0.6 is 0 Å². The average molecular weight is 384 g/mol. The van der Waals surface area contributed by atoms with Gasteiger partial charge in [0.05, 0.1) is 11.3 Å². The number of nitrogens with one attached hydrogen (secondary N) is 2. The van der Waals surface area contributed by atoms with Crippen LogP contribution in [-0.4, -0.2) is 42.8 Å². The zero-order chi connectivity index (χ0) is 19.9. The van der Waals surface area contributed by atoms with Gasteiger partial charge in [0, 0.05) is 50.2 Å². The second kappa shape index (κ2) is 9.27. The molecule has 148 valence electrons. The number of rotatable bonds is 7. The number of ether oxygens (including phenoxy) is 1. The maximum atomic E-state index is 12.4. The van der Waals surface area contributed by atoms with Crippen LogP contribution < -0.4 is 10.7 Å². The summed E-state index contributed by atoms with van der Waals surface area (Å²) in [6.45, 7) is 2.94. The van der Waals surface area contributed by atoms with Gasteiger partial charge in [-0.1, -0.05) is 0 Å². The lowest BCUT2D eigenvalue weighted by molar-refractivity contribution is 0.0916. The van der Waals surface area contributed by atoms with E-state index in [-0.39, 0.29) is 11.8 Å². The number of carbonyl (C=O) groups excluding carboxylic acids is 2. The van der Waals surface area contributed by atoms with Gasteiger partial charge < -0.3 is 14.5 Å². The third-order valence-corrected chi connectivity index (χ3v) is 4.56. The predicted octanol–water partition coefficient (Wildman–Crippen LogP) is 2.22. The zero-order valence-electron chi connectivity index (χ0n) is 16.1. The number of amides is 2. The summed E-state index contributed by atoms with van der Waals surface area (Å²) in [4.78, 5) is 28.6. The molecule has 3 rings (SSSR count). The number of furan rings is 1. The van der Waals surface area contributed by atoms with E-state index in [9.17, 15) is 9.59 Å². The molecule has 0 aromatic carbocycles. The molecule has 0 fully saturated rings. The standard InChI is InChI=1S/C20H24N4O4/c1-13-17-15(23-24-19(25)14-6-4-9-21-12-14)7-3-8-16(17)28-18(13)20(26)22-10-5-11-27-2/h4,6,9,12H,3,5,7-8,10-11H2,1-2H3,(H,22,26)(H,24,25)/b23-15+. The Morgan fingerprint density at radius 2 is 2.18 bits per heavy atom. The van der Waals surface area contributed by atoms with Crippen molar-refractivity contribution in [3.63, 3.8) is 0 Å². The van der Waals surface area contributed by atoms with Crippen LogP contribution in [-0.2, 0) is 11.2 Å². The first-order valence-corrected chi connectivity index (χ1v) is 9.28. The lowest BCUT2D eigenvalue weighted by atomic mass is 9.93. The third-order valence-electron chi connectivity index (χ3n) is 4.56. The first-order chi connectivity index (χ1) is 13.6. The average Bonchev–Trinajstić information content (AvgIpc) is 3.07. The molecule has 2 heterocycles. The minimum absolute atomic E-state index is 0.248. The summed E-state index contributed by atoms with van der Waals surface area (Å²) in [7, 11) is 1.63. The largest absolute Gasteiger partial charge is 0.455 e. The lowest BCUT2D eigenvalue weighted by Gasteiger charge is -2.13. The van der Waals surface area contributed by atoms with E-state index in [0.29, 0.717) is 30.9 Å². The normalized spacial score (nSPS) is 14.6. The van der Waals surface area contributed by atoms with Crippen LogP contribution in [0, 0.1) is 6.92 Å². The molecule has 28 heavy (non-hydrogen) atoms. The van der Waals surface area contributed by atoms with E-state index in [4.69, 9.17) is 9.15 Å². The number of hydrazone groups is 1. The summed E-state index contributed by atoms with van der Waals surface area (Å²) >= 11 is 0. The fourth-order valence-corrected chi connectivity index (χ4v) is 3.18. The Morgan fingerprint density at radius 3 is 2.93 bits per heavy atom. The van der Waals surface area contributed by atoms with Gasteiger partial charge in [-0.05, 0) is 38.3 Å². The monoisotopic (exact) mass is 384 g/mol. The Balaban J connectivity index is 1.75. The quantitative estimate of drug-likeness (QED) is 0.562. The highest BCUT2D eigenvalue weighted by Crippen LogP contribution is 2.29. The van der Waals surface area contributed by atoms with E-state index in [1.807, 2.05) is 6.92 Å². The topological polar surface area (TPSA) is 106 Å². The number of hydrogen-bond donors (Lipinski definition) is 2. The van der Waals surface area contributed by atoms with Crippen molar-refractivity contribution >= 4 is 17.5 Å². The molecule has 0 saturated heterocycles. The van der Waals surface area contributed by atoms with Crippen LogP contribution in [0.2, 0.25) is 0 Å². The number of aryl methyl sites for hydroxylation is 1. The maximum Gasteiger partial charge on any atom is 0.287 e. The molecular formula is C20H24N4O4. The molecular weight excluding hydrogens is 360 g/mol. The Bertz CT molecular complexity index is 874. The van der Waals surface area contributed by atoms with Crippen molar-refractivity contribution in [3.8, 4) is 0 Å². The van der Waals surface area contributed by atoms with E-state index in [1.165, 1.54) is 6.20 Å². The highest BCUT2D eigenvalue weighted by atomic mass is 16.5. The zero-order valence-corrected chi connectivity index (χ0v) is 16.1. The summed E-state index contributed by atoms with van der Waals surface area (Å²) in [5, 5.41) is 7.14. The van der Waals surface area contributed by atoms with Gasteiger partial charge in [0.15, 0.2) is 5.76 Å². The molecule has 8 heteroatoms. The van der Waals surface area contributed by atoms with Gasteiger partial charge in [0.25, 0.3) is 11.8 Å². The second-order valence-electron chi connectivity index (χ2n) is 6.55. The van der Waals surface area contributed by atoms with Crippen LogP contribution in [0.5, 0.6) is 0 Å². The van der Waals surface area contributed by atoms with Gasteiger partial charge in [-0.3, -0.25) is 14.6 Å². The molecule has 8 nitrogen and oxygen atoms in total. The Hall–Kier alpha value is -3.00. The van der Waals surface area contributed by atoms with Crippen molar-refractivity contribution in [2.45, 2.75) is 32.6 Å². The van der Waals surface area contributed by atoms with E-state index < -0.39 is 0 Å². The summed E-state index contributed by atoms with van der Waals surface area (Å²) in [6, 6.07) is 3.36. The smallest absolute Gasteiger partial charge is 0.287 e. The van der Waals surface area contributed by atoms with Crippen molar-refractivity contribution in [2.75, 3.05) is 20.3 Å². The molecule has 0 aliphatic heterocycles. The van der Waals surface area contributed by atoms with E-state index >= 15 is 0 Å². The van der Waals surface area contributed by atoms with Gasteiger partial charge in [0.1, 0.15) is 5.76 Å². The number of pyridine rings is 1. The molecule has 0 bridgehead atoms. The summed E-state index contributed by atoms with van der Waals surface area (Å²) in [5.41, 5.74) is 5.29. The van der Waals surface area contributed by atoms with Crippen molar-refractivity contribution in [3.05, 3.63) is 52.7 Å². The SMILES string of the molecule is COCCCNC(=O)c1oc2c(c1C)/C(=N/NC(=O)c1cccnc1)CCC2. The Labute approximate surface area is 163 Å². The fourth-order valence-electron chi connectivity index (χ4n) is 3.18. The number of carbonyl (C=O) groups is 2. The van der Waals surface area contributed by atoms with Crippen LogP contribution in [0.25, 0.3) is 0 Å². The summed E-state index contributed by atoms with van der Waals surface area (Å²) in [6.07, 6.45) is 6.10. The molecule has 2 aromatic heterocycles. The number of nitrogens with zero attached hydrogens (tertiary/aromatic N) is 2. The summed E-state index contributed by atoms with van der Waals surface area (Å²) < 4.78 is 10.8. The number of hydrogen-bond acceptors (Lipinski definition) is 6. The number of fused-ring (bicyclic) bond motifs is 1. The van der Waals surface area contributed by atoms with Crippen molar-refractivity contribution in [2.24, 2.45) is 5.10 Å². The van der Waals surface area contributed by atoms with E-state index in [1.54, 1.807) is 25.4 Å². The van der Waals surface area contributed by atoms with Crippen LogP contribution in [0.3, 0.4) is 0 Å². The highest BCUT2D eigenvalue weighted by molar-refractivity contribution is 6.07. The first kappa shape index (κ1) is 19.8. The molecule has 0 unspecified atom stereocenters. The molecule has 2 N–H and O–H groups in total. The van der Waals surface area contributed by atoms with E-state index in [2.05, 4.69) is 20.8 Å². The van der Waals surface area contributed by atoms with Gasteiger partial charge in [-0.2, -0.15) is 5.10 Å². The van der Waals surface area contributed by atoms with Crippen LogP contribution in [0.15, 0.2) is 34.0 Å². The lowest BCUT2D eigenvalue weighted by Crippen LogP contribution is -2.25.